The van der Waals surface area contributed by atoms with E-state index in [-0.39, 0.29) is 6.03 Å². The number of carbonyl (C=O) groups excluding carboxylic acids is 1. The summed E-state index contributed by atoms with van der Waals surface area (Å²) < 4.78 is 1.57. The molecule has 0 aliphatic carbocycles. The number of amides is 2. The molecular formula is C11H9N5OS. The zero-order valence-corrected chi connectivity index (χ0v) is 10.0. The second-order valence-electron chi connectivity index (χ2n) is 3.51. The molecule has 7 heteroatoms. The van der Waals surface area contributed by atoms with Crippen molar-refractivity contribution in [3.8, 4) is 0 Å². The van der Waals surface area contributed by atoms with Crippen molar-refractivity contribution in [3.63, 3.8) is 0 Å². The Morgan fingerprint density at radius 2 is 2.17 bits per heavy atom. The number of para-hydroxylation sites is 2. The largest absolute Gasteiger partial charge is 0.340 e. The summed E-state index contributed by atoms with van der Waals surface area (Å²) in [5.41, 5.74) is 4.34. The van der Waals surface area contributed by atoms with Crippen LogP contribution in [0.5, 0.6) is 0 Å². The van der Waals surface area contributed by atoms with Crippen molar-refractivity contribution in [2.24, 2.45) is 0 Å². The van der Waals surface area contributed by atoms with E-state index >= 15 is 0 Å². The second kappa shape index (κ2) is 4.46. The van der Waals surface area contributed by atoms with E-state index < -0.39 is 0 Å². The zero-order valence-electron chi connectivity index (χ0n) is 9.20. The Kier molecular flexibility index (Phi) is 2.66. The van der Waals surface area contributed by atoms with Crippen LogP contribution in [-0.2, 0) is 0 Å². The molecule has 2 aromatic heterocycles. The van der Waals surface area contributed by atoms with E-state index in [1.54, 1.807) is 22.6 Å². The summed E-state index contributed by atoms with van der Waals surface area (Å²) in [6, 6.07) is 7.20. The van der Waals surface area contributed by atoms with Gasteiger partial charge in [0.25, 0.3) is 0 Å². The predicted molar refractivity (Wildman–Crippen MR) is 70.2 cm³/mol. The minimum absolute atomic E-state index is 0.354. The first-order valence-electron chi connectivity index (χ1n) is 5.22. The number of hydrogen-bond donors (Lipinski definition) is 2. The third kappa shape index (κ3) is 2.03. The number of thiazole rings is 1. The molecule has 0 unspecified atom stereocenters. The summed E-state index contributed by atoms with van der Waals surface area (Å²) >= 11 is 1.36. The van der Waals surface area contributed by atoms with Crippen LogP contribution in [0.3, 0.4) is 0 Å². The van der Waals surface area contributed by atoms with Crippen LogP contribution in [0.15, 0.2) is 42.2 Å². The summed E-state index contributed by atoms with van der Waals surface area (Å²) in [4.78, 5) is 19.9. The molecule has 0 atom stereocenters. The maximum Gasteiger partial charge on any atom is 0.340 e. The van der Waals surface area contributed by atoms with E-state index in [1.807, 2.05) is 24.3 Å². The molecule has 90 valence electrons. The lowest BCUT2D eigenvalue weighted by Crippen LogP contribution is -2.27. The van der Waals surface area contributed by atoms with Crippen molar-refractivity contribution in [2.75, 3.05) is 10.7 Å². The number of urea groups is 1. The van der Waals surface area contributed by atoms with Gasteiger partial charge in [0.05, 0.1) is 11.0 Å². The van der Waals surface area contributed by atoms with Crippen LogP contribution in [0.25, 0.3) is 11.0 Å². The van der Waals surface area contributed by atoms with Gasteiger partial charge in [0.1, 0.15) is 6.33 Å². The van der Waals surface area contributed by atoms with Crippen molar-refractivity contribution < 1.29 is 4.79 Å². The molecule has 2 N–H and O–H groups in total. The number of nitrogens with one attached hydrogen (secondary N) is 2. The standard InChI is InChI=1S/C11H9N5OS/c17-10(14-11-12-5-6-18-11)15-16-7-13-8-3-1-2-4-9(8)16/h1-7H,(H2,12,14,15,17). The number of fused-ring (bicyclic) bond motifs is 1. The van der Waals surface area contributed by atoms with Crippen molar-refractivity contribution in [1.82, 2.24) is 14.6 Å². The summed E-state index contributed by atoms with van der Waals surface area (Å²) in [5.74, 6) is 0. The van der Waals surface area contributed by atoms with Crippen LogP contribution in [0.2, 0.25) is 0 Å². The Bertz CT molecular complexity index is 676. The Morgan fingerprint density at radius 3 is 3.00 bits per heavy atom. The molecule has 2 amide bonds. The number of imidazole rings is 1. The predicted octanol–water partition coefficient (Wildman–Crippen LogP) is 2.27. The van der Waals surface area contributed by atoms with Gasteiger partial charge in [-0.3, -0.25) is 5.32 Å². The summed E-state index contributed by atoms with van der Waals surface area (Å²) in [7, 11) is 0. The number of nitrogens with zero attached hydrogens (tertiary/aromatic N) is 3. The van der Waals surface area contributed by atoms with Gasteiger partial charge < -0.3 is 0 Å². The van der Waals surface area contributed by atoms with Gasteiger partial charge in [0, 0.05) is 11.6 Å². The van der Waals surface area contributed by atoms with Crippen LogP contribution >= 0.6 is 11.3 Å². The minimum atomic E-state index is -0.354. The van der Waals surface area contributed by atoms with Crippen molar-refractivity contribution in [2.45, 2.75) is 0 Å². The van der Waals surface area contributed by atoms with E-state index in [4.69, 9.17) is 0 Å². The van der Waals surface area contributed by atoms with Gasteiger partial charge in [0.2, 0.25) is 0 Å². The van der Waals surface area contributed by atoms with E-state index in [1.165, 1.54) is 11.3 Å². The van der Waals surface area contributed by atoms with Crippen LogP contribution in [0.1, 0.15) is 0 Å². The van der Waals surface area contributed by atoms with Crippen LogP contribution in [-0.4, -0.2) is 20.7 Å². The fourth-order valence-electron chi connectivity index (χ4n) is 1.57. The Labute approximate surface area is 106 Å². The molecule has 0 aliphatic heterocycles. The lowest BCUT2D eigenvalue weighted by molar-refractivity contribution is 0.260. The first-order chi connectivity index (χ1) is 8.83. The van der Waals surface area contributed by atoms with E-state index in [9.17, 15) is 4.79 Å². The molecule has 3 rings (SSSR count). The smallest absolute Gasteiger partial charge is 0.282 e. The fourth-order valence-corrected chi connectivity index (χ4v) is 2.09. The SMILES string of the molecule is O=C(Nc1nccs1)Nn1cnc2ccccc21. The Morgan fingerprint density at radius 1 is 1.28 bits per heavy atom. The molecule has 0 radical (unpaired) electrons. The maximum absolute atomic E-state index is 11.7. The highest BCUT2D eigenvalue weighted by molar-refractivity contribution is 7.13. The zero-order chi connectivity index (χ0) is 12.4. The molecule has 0 fully saturated rings. The highest BCUT2D eigenvalue weighted by atomic mass is 32.1. The summed E-state index contributed by atoms with van der Waals surface area (Å²) in [6.07, 6.45) is 3.19. The van der Waals surface area contributed by atoms with Gasteiger partial charge in [-0.05, 0) is 12.1 Å². The number of anilines is 1. The molecule has 0 saturated heterocycles. The van der Waals surface area contributed by atoms with E-state index in [0.29, 0.717) is 5.13 Å². The van der Waals surface area contributed by atoms with Gasteiger partial charge in [-0.1, -0.05) is 12.1 Å². The first kappa shape index (κ1) is 10.7. The van der Waals surface area contributed by atoms with E-state index in [2.05, 4.69) is 20.7 Å². The van der Waals surface area contributed by atoms with Crippen molar-refractivity contribution in [1.29, 1.82) is 0 Å². The third-order valence-corrected chi connectivity index (χ3v) is 3.02. The van der Waals surface area contributed by atoms with Gasteiger partial charge in [0.15, 0.2) is 5.13 Å². The second-order valence-corrected chi connectivity index (χ2v) is 4.40. The van der Waals surface area contributed by atoms with Crippen molar-refractivity contribution >= 4 is 33.5 Å². The molecule has 18 heavy (non-hydrogen) atoms. The van der Waals surface area contributed by atoms with E-state index in [0.717, 1.165) is 11.0 Å². The van der Waals surface area contributed by atoms with Gasteiger partial charge >= 0.3 is 6.03 Å². The van der Waals surface area contributed by atoms with Crippen LogP contribution in [0, 0.1) is 0 Å². The summed E-state index contributed by atoms with van der Waals surface area (Å²) in [5, 5.41) is 4.98. The number of rotatable bonds is 2. The highest BCUT2D eigenvalue weighted by Gasteiger charge is 2.06. The number of benzene rings is 1. The number of hydrogen-bond acceptors (Lipinski definition) is 4. The van der Waals surface area contributed by atoms with Gasteiger partial charge in [-0.2, -0.15) is 0 Å². The Hall–Kier alpha value is -2.41. The van der Waals surface area contributed by atoms with Gasteiger partial charge in [-0.25, -0.2) is 24.9 Å². The molecule has 6 nitrogen and oxygen atoms in total. The quantitative estimate of drug-likeness (QED) is 0.741. The van der Waals surface area contributed by atoms with Crippen molar-refractivity contribution in [3.05, 3.63) is 42.2 Å². The third-order valence-electron chi connectivity index (χ3n) is 2.33. The normalized spacial score (nSPS) is 10.4. The average Bonchev–Trinajstić information content (AvgIpc) is 3.00. The molecule has 0 bridgehead atoms. The molecule has 0 saturated carbocycles. The lowest BCUT2D eigenvalue weighted by atomic mass is 10.3. The molecule has 0 aliphatic rings. The topological polar surface area (TPSA) is 71.8 Å². The number of aromatic nitrogens is 3. The fraction of sp³-hybridized carbons (Fsp3) is 0. The Balaban J connectivity index is 1.78. The van der Waals surface area contributed by atoms with Gasteiger partial charge in [-0.15, -0.1) is 11.3 Å². The molecule has 1 aromatic carbocycles. The highest BCUT2D eigenvalue weighted by Crippen LogP contribution is 2.12. The molecule has 3 aromatic rings. The molecular weight excluding hydrogens is 250 g/mol. The maximum atomic E-state index is 11.7. The first-order valence-corrected chi connectivity index (χ1v) is 6.10. The monoisotopic (exact) mass is 259 g/mol. The lowest BCUT2D eigenvalue weighted by Gasteiger charge is -2.06. The number of carbonyl (C=O) groups is 1. The minimum Gasteiger partial charge on any atom is -0.282 e. The average molecular weight is 259 g/mol. The molecule has 2 heterocycles. The van der Waals surface area contributed by atoms with Crippen LogP contribution < -0.4 is 10.7 Å². The summed E-state index contributed by atoms with van der Waals surface area (Å²) in [6.45, 7) is 0. The molecule has 0 spiro atoms. The van der Waals surface area contributed by atoms with Crippen LogP contribution in [0.4, 0.5) is 9.93 Å².